The zero-order valence-corrected chi connectivity index (χ0v) is 14.6. The zero-order chi connectivity index (χ0) is 16.3. The number of amides is 1. The first-order valence-electron chi connectivity index (χ1n) is 8.64. The molecule has 0 spiro atoms. The molecule has 1 saturated heterocycles. The minimum atomic E-state index is -0.447. The second-order valence-electron chi connectivity index (χ2n) is 7.88. The largest absolute Gasteiger partial charge is 0.444 e. The SMILES string of the molecule is CC1CC(NC2CCCC2NC(=O)OC(C)(C)C)CC(C)O1. The normalized spacial score (nSPS) is 36.1. The van der Waals surface area contributed by atoms with Gasteiger partial charge in [0.1, 0.15) is 5.60 Å². The zero-order valence-electron chi connectivity index (χ0n) is 14.6. The highest BCUT2D eigenvalue weighted by molar-refractivity contribution is 5.68. The third-order valence-corrected chi connectivity index (χ3v) is 4.37. The summed E-state index contributed by atoms with van der Waals surface area (Å²) < 4.78 is 11.2. The minimum absolute atomic E-state index is 0.170. The molecule has 0 bridgehead atoms. The lowest BCUT2D eigenvalue weighted by molar-refractivity contribution is -0.0439. The number of rotatable bonds is 3. The molecule has 2 rings (SSSR count). The van der Waals surface area contributed by atoms with Gasteiger partial charge in [0.05, 0.1) is 12.2 Å². The molecule has 0 aromatic carbocycles. The lowest BCUT2D eigenvalue weighted by atomic mass is 9.98. The van der Waals surface area contributed by atoms with E-state index in [2.05, 4.69) is 24.5 Å². The minimum Gasteiger partial charge on any atom is -0.444 e. The van der Waals surface area contributed by atoms with Gasteiger partial charge in [0.2, 0.25) is 0 Å². The Hall–Kier alpha value is -0.810. The number of carbonyl (C=O) groups is 1. The van der Waals surface area contributed by atoms with Crippen LogP contribution in [-0.4, -0.2) is 42.0 Å². The standard InChI is InChI=1S/C17H32N2O3/c1-11-9-13(10-12(2)21-11)18-14-7-6-8-15(14)19-16(20)22-17(3,4)5/h11-15,18H,6-10H2,1-5H3,(H,19,20). The quantitative estimate of drug-likeness (QED) is 0.841. The molecule has 1 amide bonds. The van der Waals surface area contributed by atoms with Crippen molar-refractivity contribution in [2.45, 2.75) is 103 Å². The maximum Gasteiger partial charge on any atom is 0.407 e. The third-order valence-electron chi connectivity index (χ3n) is 4.37. The maximum atomic E-state index is 12.0. The molecular formula is C17H32N2O3. The Bertz CT molecular complexity index is 371. The number of hydrogen-bond donors (Lipinski definition) is 2. The van der Waals surface area contributed by atoms with Gasteiger partial charge in [-0.2, -0.15) is 0 Å². The Morgan fingerprint density at radius 3 is 2.27 bits per heavy atom. The molecule has 1 aliphatic carbocycles. The molecule has 0 radical (unpaired) electrons. The van der Waals surface area contributed by atoms with E-state index < -0.39 is 5.60 Å². The highest BCUT2D eigenvalue weighted by Crippen LogP contribution is 2.24. The van der Waals surface area contributed by atoms with E-state index in [0.29, 0.717) is 24.3 Å². The van der Waals surface area contributed by atoms with Crippen molar-refractivity contribution in [2.24, 2.45) is 0 Å². The molecule has 0 aromatic heterocycles. The van der Waals surface area contributed by atoms with Crippen LogP contribution < -0.4 is 10.6 Å². The summed E-state index contributed by atoms with van der Waals surface area (Å²) in [6.07, 6.45) is 5.66. The molecule has 2 aliphatic rings. The third kappa shape index (κ3) is 5.43. The van der Waals surface area contributed by atoms with Gasteiger partial charge in [-0.3, -0.25) is 0 Å². The Balaban J connectivity index is 1.84. The van der Waals surface area contributed by atoms with Crippen molar-refractivity contribution in [3.63, 3.8) is 0 Å². The monoisotopic (exact) mass is 312 g/mol. The summed E-state index contributed by atoms with van der Waals surface area (Å²) in [6, 6.07) is 0.989. The summed E-state index contributed by atoms with van der Waals surface area (Å²) in [4.78, 5) is 12.0. The molecule has 1 heterocycles. The van der Waals surface area contributed by atoms with E-state index in [1.807, 2.05) is 20.8 Å². The Labute approximate surface area is 134 Å². The molecule has 2 fully saturated rings. The number of nitrogens with one attached hydrogen (secondary N) is 2. The fraction of sp³-hybridized carbons (Fsp3) is 0.941. The van der Waals surface area contributed by atoms with Crippen molar-refractivity contribution in [1.82, 2.24) is 10.6 Å². The van der Waals surface area contributed by atoms with Gasteiger partial charge < -0.3 is 20.1 Å². The lowest BCUT2D eigenvalue weighted by Crippen LogP contribution is -2.53. The molecular weight excluding hydrogens is 280 g/mol. The first-order chi connectivity index (χ1) is 10.2. The van der Waals surface area contributed by atoms with Crippen molar-refractivity contribution in [3.05, 3.63) is 0 Å². The van der Waals surface area contributed by atoms with Crippen molar-refractivity contribution in [3.8, 4) is 0 Å². The molecule has 5 heteroatoms. The van der Waals surface area contributed by atoms with Crippen LogP contribution in [0, 0.1) is 0 Å². The highest BCUT2D eigenvalue weighted by atomic mass is 16.6. The van der Waals surface area contributed by atoms with E-state index in [0.717, 1.165) is 32.1 Å². The highest BCUT2D eigenvalue weighted by Gasteiger charge is 2.33. The summed E-state index contributed by atoms with van der Waals surface area (Å²) in [5.41, 5.74) is -0.447. The van der Waals surface area contributed by atoms with E-state index in [-0.39, 0.29) is 12.1 Å². The summed E-state index contributed by atoms with van der Waals surface area (Å²) >= 11 is 0. The van der Waals surface area contributed by atoms with Crippen LogP contribution in [0.15, 0.2) is 0 Å². The van der Waals surface area contributed by atoms with Crippen LogP contribution in [-0.2, 0) is 9.47 Å². The van der Waals surface area contributed by atoms with E-state index in [1.54, 1.807) is 0 Å². The van der Waals surface area contributed by atoms with Crippen LogP contribution in [0.25, 0.3) is 0 Å². The van der Waals surface area contributed by atoms with E-state index in [4.69, 9.17) is 9.47 Å². The van der Waals surface area contributed by atoms with Crippen LogP contribution in [0.2, 0.25) is 0 Å². The predicted octanol–water partition coefficient (Wildman–Crippen LogP) is 2.98. The number of carbonyl (C=O) groups excluding carboxylic acids is 1. The summed E-state index contributed by atoms with van der Waals surface area (Å²) in [5.74, 6) is 0. The van der Waals surface area contributed by atoms with Gasteiger partial charge in [0.15, 0.2) is 0 Å². The number of ether oxygens (including phenoxy) is 2. The number of hydrogen-bond acceptors (Lipinski definition) is 4. The predicted molar refractivity (Wildman–Crippen MR) is 87.0 cm³/mol. The molecule has 1 saturated carbocycles. The van der Waals surface area contributed by atoms with Crippen LogP contribution in [0.5, 0.6) is 0 Å². The second kappa shape index (κ2) is 7.18. The molecule has 5 nitrogen and oxygen atoms in total. The van der Waals surface area contributed by atoms with Gasteiger partial charge in [0, 0.05) is 18.1 Å². The molecule has 2 N–H and O–H groups in total. The van der Waals surface area contributed by atoms with E-state index in [9.17, 15) is 4.79 Å². The molecule has 1 aliphatic heterocycles. The summed E-state index contributed by atoms with van der Waals surface area (Å²) in [5, 5.41) is 6.79. The summed E-state index contributed by atoms with van der Waals surface area (Å²) in [6.45, 7) is 9.94. The average Bonchev–Trinajstić information content (AvgIpc) is 2.72. The first-order valence-corrected chi connectivity index (χ1v) is 8.64. The van der Waals surface area contributed by atoms with Crippen molar-refractivity contribution >= 4 is 6.09 Å². The fourth-order valence-corrected chi connectivity index (χ4v) is 3.64. The van der Waals surface area contributed by atoms with Gasteiger partial charge in [0.25, 0.3) is 0 Å². The van der Waals surface area contributed by atoms with Crippen LogP contribution in [0.4, 0.5) is 4.79 Å². The molecule has 4 atom stereocenters. The fourth-order valence-electron chi connectivity index (χ4n) is 3.64. The van der Waals surface area contributed by atoms with Gasteiger partial charge in [-0.05, 0) is 66.7 Å². The van der Waals surface area contributed by atoms with Gasteiger partial charge in [-0.1, -0.05) is 0 Å². The van der Waals surface area contributed by atoms with Crippen LogP contribution in [0.3, 0.4) is 0 Å². The van der Waals surface area contributed by atoms with Gasteiger partial charge in [-0.15, -0.1) is 0 Å². The Morgan fingerprint density at radius 2 is 1.68 bits per heavy atom. The van der Waals surface area contributed by atoms with Gasteiger partial charge >= 0.3 is 6.09 Å². The molecule has 0 aromatic rings. The van der Waals surface area contributed by atoms with E-state index in [1.165, 1.54) is 0 Å². The Kier molecular flexibility index (Phi) is 5.72. The maximum absolute atomic E-state index is 12.0. The Morgan fingerprint density at radius 1 is 1.09 bits per heavy atom. The van der Waals surface area contributed by atoms with Crippen molar-refractivity contribution < 1.29 is 14.3 Å². The van der Waals surface area contributed by atoms with Gasteiger partial charge in [-0.25, -0.2) is 4.79 Å². The molecule has 128 valence electrons. The average molecular weight is 312 g/mol. The second-order valence-corrected chi connectivity index (χ2v) is 7.88. The van der Waals surface area contributed by atoms with E-state index >= 15 is 0 Å². The van der Waals surface area contributed by atoms with Crippen LogP contribution >= 0.6 is 0 Å². The van der Waals surface area contributed by atoms with Crippen molar-refractivity contribution in [2.75, 3.05) is 0 Å². The summed E-state index contributed by atoms with van der Waals surface area (Å²) in [7, 11) is 0. The van der Waals surface area contributed by atoms with Crippen LogP contribution in [0.1, 0.15) is 66.7 Å². The smallest absolute Gasteiger partial charge is 0.407 e. The number of alkyl carbamates (subject to hydrolysis) is 1. The topological polar surface area (TPSA) is 59.6 Å². The molecule has 22 heavy (non-hydrogen) atoms. The van der Waals surface area contributed by atoms with Crippen molar-refractivity contribution in [1.29, 1.82) is 0 Å². The first kappa shape index (κ1) is 17.5. The lowest BCUT2D eigenvalue weighted by Gasteiger charge is -2.35. The molecule has 4 unspecified atom stereocenters.